The quantitative estimate of drug-likeness (QED) is 0.379. The highest BCUT2D eigenvalue weighted by Gasteiger charge is 2.17. The van der Waals surface area contributed by atoms with Crippen LogP contribution in [0.4, 0.5) is 28.8 Å². The van der Waals surface area contributed by atoms with Gasteiger partial charge in [-0.2, -0.15) is 4.98 Å². The maximum Gasteiger partial charge on any atom is 0.229 e. The van der Waals surface area contributed by atoms with E-state index >= 15 is 0 Å². The fourth-order valence-corrected chi connectivity index (χ4v) is 5.01. The molecule has 0 amide bonds. The van der Waals surface area contributed by atoms with Crippen molar-refractivity contribution in [2.24, 2.45) is 0 Å². The second kappa shape index (κ2) is 10.00. The summed E-state index contributed by atoms with van der Waals surface area (Å²) in [6.07, 6.45) is 1.19. The van der Waals surface area contributed by atoms with Crippen LogP contribution in [0.2, 0.25) is 0 Å². The summed E-state index contributed by atoms with van der Waals surface area (Å²) in [5, 5.41) is 7.24. The normalized spacial score (nSPS) is 14.0. The highest BCUT2D eigenvalue weighted by molar-refractivity contribution is 7.90. The van der Waals surface area contributed by atoms with Crippen LogP contribution >= 0.6 is 0 Å². The predicted octanol–water partition coefficient (Wildman–Crippen LogP) is 4.37. The molecule has 4 aromatic rings. The van der Waals surface area contributed by atoms with Gasteiger partial charge >= 0.3 is 0 Å². The first-order valence-electron chi connectivity index (χ1n) is 11.5. The van der Waals surface area contributed by atoms with Crippen LogP contribution in [0, 0.1) is 0 Å². The molecule has 1 aliphatic heterocycles. The smallest absolute Gasteiger partial charge is 0.229 e. The van der Waals surface area contributed by atoms with Gasteiger partial charge in [0, 0.05) is 36.5 Å². The Balaban J connectivity index is 1.51. The molecule has 2 heterocycles. The molecule has 0 bridgehead atoms. The maximum absolute atomic E-state index is 12.3. The molecular weight excluding hydrogens is 478 g/mol. The molecule has 2 N–H and O–H groups in total. The van der Waals surface area contributed by atoms with Crippen LogP contribution in [0.3, 0.4) is 0 Å². The number of hydrogen-bond acceptors (Lipinski definition) is 9. The molecule has 0 saturated carbocycles. The van der Waals surface area contributed by atoms with Gasteiger partial charge in [0.25, 0.3) is 0 Å². The number of sulfone groups is 1. The van der Waals surface area contributed by atoms with Crippen LogP contribution in [-0.2, 0) is 14.6 Å². The lowest BCUT2D eigenvalue weighted by Gasteiger charge is -2.29. The number of morpholine rings is 1. The van der Waals surface area contributed by atoms with Gasteiger partial charge in [0.05, 0.1) is 42.1 Å². The van der Waals surface area contributed by atoms with Gasteiger partial charge in [0.1, 0.15) is 11.6 Å². The van der Waals surface area contributed by atoms with Crippen LogP contribution in [0.5, 0.6) is 5.75 Å². The fourth-order valence-electron chi connectivity index (χ4n) is 4.17. The van der Waals surface area contributed by atoms with Crippen molar-refractivity contribution >= 4 is 49.6 Å². The van der Waals surface area contributed by atoms with Crippen molar-refractivity contribution in [1.29, 1.82) is 0 Å². The summed E-state index contributed by atoms with van der Waals surface area (Å²) in [4.78, 5) is 11.8. The number of fused-ring (bicyclic) bond motifs is 1. The summed E-state index contributed by atoms with van der Waals surface area (Å²) >= 11 is 0. The highest BCUT2D eigenvalue weighted by atomic mass is 32.2. The van der Waals surface area contributed by atoms with Crippen LogP contribution in [0.25, 0.3) is 10.9 Å². The average molecular weight is 506 g/mol. The van der Waals surface area contributed by atoms with Gasteiger partial charge in [-0.15, -0.1) is 0 Å². The zero-order valence-corrected chi connectivity index (χ0v) is 20.9. The molecule has 3 aromatic carbocycles. The Morgan fingerprint density at radius 1 is 0.917 bits per heavy atom. The summed E-state index contributed by atoms with van der Waals surface area (Å²) < 4.78 is 35.7. The molecule has 0 spiro atoms. The number of aromatic nitrogens is 2. The topological polar surface area (TPSA) is 106 Å². The molecule has 0 radical (unpaired) electrons. The maximum atomic E-state index is 12.3. The number of hydrogen-bond donors (Lipinski definition) is 2. The van der Waals surface area contributed by atoms with Crippen molar-refractivity contribution in [3.63, 3.8) is 0 Å². The van der Waals surface area contributed by atoms with E-state index in [0.29, 0.717) is 47.6 Å². The molecule has 36 heavy (non-hydrogen) atoms. The molecule has 9 nitrogen and oxygen atoms in total. The monoisotopic (exact) mass is 505 g/mol. The van der Waals surface area contributed by atoms with E-state index in [0.717, 1.165) is 24.2 Å². The largest absolute Gasteiger partial charge is 0.494 e. The standard InChI is InChI=1S/C26H27N5O4S/c1-34-23-17-18(31-13-15-35-16-14-31)11-12-21(23)29-26-28-20-8-4-3-7-19(20)25(30-26)27-22-9-5-6-10-24(22)36(2,32)33/h3-12,17H,13-16H2,1-2H3,(H2,27,28,29,30). The van der Waals surface area contributed by atoms with Gasteiger partial charge in [-0.1, -0.05) is 24.3 Å². The van der Waals surface area contributed by atoms with E-state index in [9.17, 15) is 8.42 Å². The van der Waals surface area contributed by atoms with Crippen molar-refractivity contribution in [3.8, 4) is 5.75 Å². The second-order valence-corrected chi connectivity index (χ2v) is 10.4. The number of ether oxygens (including phenoxy) is 2. The Morgan fingerprint density at radius 2 is 1.67 bits per heavy atom. The molecule has 1 fully saturated rings. The van der Waals surface area contributed by atoms with Crippen LogP contribution in [-0.4, -0.2) is 58.1 Å². The first-order valence-corrected chi connectivity index (χ1v) is 13.4. The lowest BCUT2D eigenvalue weighted by Crippen LogP contribution is -2.36. The van der Waals surface area contributed by atoms with Crippen LogP contribution < -0.4 is 20.3 Å². The summed E-state index contributed by atoms with van der Waals surface area (Å²) in [6.45, 7) is 3.05. The Morgan fingerprint density at radius 3 is 2.44 bits per heavy atom. The minimum absolute atomic E-state index is 0.197. The average Bonchev–Trinajstić information content (AvgIpc) is 2.89. The lowest BCUT2D eigenvalue weighted by atomic mass is 10.2. The van der Waals surface area contributed by atoms with Crippen LogP contribution in [0.1, 0.15) is 0 Å². The summed E-state index contributed by atoms with van der Waals surface area (Å²) in [6, 6.07) is 20.3. The third kappa shape index (κ3) is 5.05. The van der Waals surface area contributed by atoms with E-state index in [1.807, 2.05) is 42.5 Å². The van der Waals surface area contributed by atoms with Gasteiger partial charge in [0.2, 0.25) is 5.95 Å². The zero-order chi connectivity index (χ0) is 25.1. The zero-order valence-electron chi connectivity index (χ0n) is 20.1. The Hall–Kier alpha value is -3.89. The molecule has 0 aliphatic carbocycles. The van der Waals surface area contributed by atoms with E-state index in [1.54, 1.807) is 31.4 Å². The van der Waals surface area contributed by atoms with Gasteiger partial charge < -0.3 is 25.0 Å². The van der Waals surface area contributed by atoms with Crippen molar-refractivity contribution in [1.82, 2.24) is 9.97 Å². The van der Waals surface area contributed by atoms with Crippen LogP contribution in [0.15, 0.2) is 71.6 Å². The van der Waals surface area contributed by atoms with Gasteiger partial charge in [-0.25, -0.2) is 13.4 Å². The second-order valence-electron chi connectivity index (χ2n) is 8.42. The highest BCUT2D eigenvalue weighted by Crippen LogP contribution is 2.34. The molecular formula is C26H27N5O4S. The molecule has 0 atom stereocenters. The summed E-state index contributed by atoms with van der Waals surface area (Å²) in [5.74, 6) is 1.50. The number of anilines is 5. The van der Waals surface area contributed by atoms with E-state index in [-0.39, 0.29) is 4.90 Å². The summed E-state index contributed by atoms with van der Waals surface area (Å²) in [7, 11) is -1.81. The molecule has 5 rings (SSSR count). The third-order valence-electron chi connectivity index (χ3n) is 5.95. The minimum Gasteiger partial charge on any atom is -0.494 e. The van der Waals surface area contributed by atoms with Gasteiger partial charge in [0.15, 0.2) is 9.84 Å². The molecule has 1 saturated heterocycles. The molecule has 10 heteroatoms. The lowest BCUT2D eigenvalue weighted by molar-refractivity contribution is 0.122. The van der Waals surface area contributed by atoms with E-state index in [1.165, 1.54) is 6.26 Å². The Labute approximate surface area is 210 Å². The van der Waals surface area contributed by atoms with Gasteiger partial charge in [-0.3, -0.25) is 0 Å². The van der Waals surface area contributed by atoms with Gasteiger partial charge in [-0.05, 0) is 36.4 Å². The molecule has 0 unspecified atom stereocenters. The first kappa shape index (κ1) is 23.8. The number of para-hydroxylation sites is 2. The Bertz CT molecular complexity index is 1500. The SMILES string of the molecule is COc1cc(N2CCOCC2)ccc1Nc1nc(Nc2ccccc2S(C)(=O)=O)c2ccccc2n1. The number of nitrogens with one attached hydrogen (secondary N) is 2. The Kier molecular flexibility index (Phi) is 6.62. The fraction of sp³-hybridized carbons (Fsp3) is 0.231. The number of benzene rings is 3. The van der Waals surface area contributed by atoms with Crippen molar-refractivity contribution in [2.75, 3.05) is 55.2 Å². The number of methoxy groups -OCH3 is 1. The predicted molar refractivity (Wildman–Crippen MR) is 142 cm³/mol. The summed E-state index contributed by atoms with van der Waals surface area (Å²) in [5.41, 5.74) is 2.92. The van der Waals surface area contributed by atoms with E-state index in [4.69, 9.17) is 14.5 Å². The minimum atomic E-state index is -3.44. The first-order chi connectivity index (χ1) is 17.4. The molecule has 1 aromatic heterocycles. The van der Waals surface area contributed by atoms with E-state index < -0.39 is 9.84 Å². The van der Waals surface area contributed by atoms with Crippen molar-refractivity contribution in [3.05, 3.63) is 66.7 Å². The van der Waals surface area contributed by atoms with Crippen molar-refractivity contribution in [2.45, 2.75) is 4.90 Å². The van der Waals surface area contributed by atoms with Crippen molar-refractivity contribution < 1.29 is 17.9 Å². The number of rotatable bonds is 7. The number of nitrogens with zero attached hydrogens (tertiary/aromatic N) is 3. The molecule has 186 valence electrons. The molecule has 1 aliphatic rings. The van der Waals surface area contributed by atoms with E-state index in [2.05, 4.69) is 20.5 Å². The third-order valence-corrected chi connectivity index (χ3v) is 7.11.